The molecule has 1 rings (SSSR count). The molecular weight excluding hydrogens is 226 g/mol. The Morgan fingerprint density at radius 3 is 2.81 bits per heavy atom. The van der Waals surface area contributed by atoms with E-state index in [4.69, 9.17) is 4.74 Å². The van der Waals surface area contributed by atoms with Crippen molar-refractivity contribution >= 4 is 23.1 Å². The molecule has 4 nitrogen and oxygen atoms in total. The summed E-state index contributed by atoms with van der Waals surface area (Å²) in [6.45, 7) is 2.08. The predicted octanol–water partition coefficient (Wildman–Crippen LogP) is 1.47. The number of Topliss-reactive ketones (excluding diaryl/α,β-unsaturated/α-hetero) is 1. The number of carbonyl (C=O) groups is 2. The Labute approximate surface area is 98.6 Å². The summed E-state index contributed by atoms with van der Waals surface area (Å²) >= 11 is 1.37. The number of likely N-dealkylation sites (N-methyl/N-ethyl adjacent to an activating group) is 1. The van der Waals surface area contributed by atoms with Crippen molar-refractivity contribution in [2.75, 3.05) is 13.7 Å². The number of ketones is 1. The summed E-state index contributed by atoms with van der Waals surface area (Å²) in [5.74, 6) is -0.419. The number of thiophene rings is 1. The van der Waals surface area contributed by atoms with Crippen LogP contribution < -0.4 is 5.32 Å². The van der Waals surface area contributed by atoms with E-state index in [0.29, 0.717) is 11.5 Å². The van der Waals surface area contributed by atoms with Crippen LogP contribution in [0.5, 0.6) is 0 Å². The molecule has 1 heterocycles. The van der Waals surface area contributed by atoms with E-state index >= 15 is 0 Å². The summed E-state index contributed by atoms with van der Waals surface area (Å²) in [5.41, 5.74) is 0. The Kier molecular flexibility index (Phi) is 5.14. The van der Waals surface area contributed by atoms with Gasteiger partial charge in [0.2, 0.25) is 0 Å². The van der Waals surface area contributed by atoms with Crippen molar-refractivity contribution in [2.45, 2.75) is 19.4 Å². The Balaban J connectivity index is 2.61. The van der Waals surface area contributed by atoms with Crippen LogP contribution >= 0.6 is 11.3 Å². The minimum atomic E-state index is -0.502. The van der Waals surface area contributed by atoms with Crippen LogP contribution in [0.1, 0.15) is 23.0 Å². The number of nitrogens with one attached hydrogen (secondary N) is 1. The average molecular weight is 241 g/mol. The summed E-state index contributed by atoms with van der Waals surface area (Å²) in [6, 6.07) is 3.06. The molecule has 0 saturated carbocycles. The van der Waals surface area contributed by atoms with Gasteiger partial charge in [-0.25, -0.2) is 0 Å². The molecule has 0 aliphatic heterocycles. The first kappa shape index (κ1) is 12.9. The van der Waals surface area contributed by atoms with Gasteiger partial charge in [-0.15, -0.1) is 11.3 Å². The lowest BCUT2D eigenvalue weighted by molar-refractivity contribution is -0.143. The fourth-order valence-electron chi connectivity index (χ4n) is 1.30. The molecule has 0 spiro atoms. The van der Waals surface area contributed by atoms with Crippen LogP contribution in [0.3, 0.4) is 0 Å². The molecule has 88 valence electrons. The van der Waals surface area contributed by atoms with Gasteiger partial charge in [0.05, 0.1) is 23.9 Å². The van der Waals surface area contributed by atoms with Crippen molar-refractivity contribution in [3.63, 3.8) is 0 Å². The third-order valence-electron chi connectivity index (χ3n) is 2.11. The summed E-state index contributed by atoms with van der Waals surface area (Å²) in [4.78, 5) is 23.8. The number of hydrogen-bond donors (Lipinski definition) is 1. The summed E-state index contributed by atoms with van der Waals surface area (Å²) in [7, 11) is 1.66. The van der Waals surface area contributed by atoms with E-state index in [9.17, 15) is 9.59 Å². The van der Waals surface area contributed by atoms with Crippen molar-refractivity contribution in [3.05, 3.63) is 22.4 Å². The van der Waals surface area contributed by atoms with Crippen molar-refractivity contribution in [1.82, 2.24) is 5.32 Å². The van der Waals surface area contributed by atoms with Crippen LogP contribution in [-0.2, 0) is 9.53 Å². The van der Waals surface area contributed by atoms with Crippen LogP contribution in [0.15, 0.2) is 17.5 Å². The van der Waals surface area contributed by atoms with Gasteiger partial charge >= 0.3 is 5.97 Å². The second-order valence-corrected chi connectivity index (χ2v) is 4.14. The maximum Gasteiger partial charge on any atom is 0.307 e. The highest BCUT2D eigenvalue weighted by atomic mass is 32.1. The van der Waals surface area contributed by atoms with Crippen molar-refractivity contribution in [3.8, 4) is 0 Å². The van der Waals surface area contributed by atoms with Crippen LogP contribution in [0.25, 0.3) is 0 Å². The van der Waals surface area contributed by atoms with Gasteiger partial charge in [0, 0.05) is 0 Å². The molecule has 0 aliphatic carbocycles. The number of ether oxygens (including phenoxy) is 1. The van der Waals surface area contributed by atoms with E-state index in [1.54, 1.807) is 20.0 Å². The zero-order chi connectivity index (χ0) is 12.0. The fraction of sp³-hybridized carbons (Fsp3) is 0.455. The minimum Gasteiger partial charge on any atom is -0.466 e. The lowest BCUT2D eigenvalue weighted by Gasteiger charge is -2.12. The molecule has 1 aromatic rings. The lowest BCUT2D eigenvalue weighted by atomic mass is 10.1. The molecule has 5 heteroatoms. The van der Waals surface area contributed by atoms with Gasteiger partial charge in [0.25, 0.3) is 0 Å². The number of hydrogen-bond acceptors (Lipinski definition) is 5. The van der Waals surface area contributed by atoms with Crippen LogP contribution in [0.2, 0.25) is 0 Å². The molecule has 0 radical (unpaired) electrons. The third-order valence-corrected chi connectivity index (χ3v) is 2.99. The topological polar surface area (TPSA) is 55.4 Å². The Morgan fingerprint density at radius 2 is 2.31 bits per heavy atom. The van der Waals surface area contributed by atoms with Gasteiger partial charge in [0.15, 0.2) is 5.78 Å². The maximum absolute atomic E-state index is 11.9. The van der Waals surface area contributed by atoms with Gasteiger partial charge < -0.3 is 10.1 Å². The summed E-state index contributed by atoms with van der Waals surface area (Å²) < 4.78 is 4.81. The van der Waals surface area contributed by atoms with Gasteiger partial charge in [-0.2, -0.15) is 0 Å². The predicted molar refractivity (Wildman–Crippen MR) is 62.7 cm³/mol. The first-order chi connectivity index (χ1) is 7.69. The van der Waals surface area contributed by atoms with Gasteiger partial charge in [0.1, 0.15) is 0 Å². The van der Waals surface area contributed by atoms with Crippen LogP contribution in [0.4, 0.5) is 0 Å². The second kappa shape index (κ2) is 6.40. The Morgan fingerprint density at radius 1 is 1.56 bits per heavy atom. The fourth-order valence-corrected chi connectivity index (χ4v) is 2.02. The molecule has 0 fully saturated rings. The molecule has 0 bridgehead atoms. The monoisotopic (exact) mass is 241 g/mol. The van der Waals surface area contributed by atoms with Crippen LogP contribution in [0, 0.1) is 0 Å². The van der Waals surface area contributed by atoms with Crippen molar-refractivity contribution in [2.24, 2.45) is 0 Å². The zero-order valence-electron chi connectivity index (χ0n) is 9.36. The molecule has 0 aromatic carbocycles. The molecule has 1 unspecified atom stereocenters. The lowest BCUT2D eigenvalue weighted by Crippen LogP contribution is -2.36. The van der Waals surface area contributed by atoms with Gasteiger partial charge in [-0.3, -0.25) is 9.59 Å². The van der Waals surface area contributed by atoms with Crippen LogP contribution in [-0.4, -0.2) is 31.4 Å². The van der Waals surface area contributed by atoms with Gasteiger partial charge in [-0.05, 0) is 25.4 Å². The number of rotatable bonds is 6. The molecule has 1 aromatic heterocycles. The maximum atomic E-state index is 11.9. The quantitative estimate of drug-likeness (QED) is 0.605. The summed E-state index contributed by atoms with van der Waals surface area (Å²) in [5, 5.41) is 4.67. The molecule has 1 atom stereocenters. The third kappa shape index (κ3) is 3.43. The first-order valence-electron chi connectivity index (χ1n) is 5.09. The van der Waals surface area contributed by atoms with E-state index in [-0.39, 0.29) is 18.2 Å². The van der Waals surface area contributed by atoms with Crippen molar-refractivity contribution < 1.29 is 14.3 Å². The SMILES string of the molecule is CCOC(=O)CC(NC)C(=O)c1cccs1. The molecule has 0 aliphatic rings. The molecule has 0 amide bonds. The second-order valence-electron chi connectivity index (χ2n) is 3.19. The average Bonchev–Trinajstić information content (AvgIpc) is 2.78. The van der Waals surface area contributed by atoms with E-state index in [1.807, 2.05) is 11.4 Å². The Bertz CT molecular complexity index is 348. The summed E-state index contributed by atoms with van der Waals surface area (Å²) in [6.07, 6.45) is 0.0705. The largest absolute Gasteiger partial charge is 0.466 e. The highest BCUT2D eigenvalue weighted by molar-refractivity contribution is 7.12. The first-order valence-corrected chi connectivity index (χ1v) is 5.97. The minimum absolute atomic E-state index is 0.0643. The Hall–Kier alpha value is -1.20. The van der Waals surface area contributed by atoms with E-state index in [2.05, 4.69) is 5.32 Å². The zero-order valence-corrected chi connectivity index (χ0v) is 10.2. The smallest absolute Gasteiger partial charge is 0.307 e. The van der Waals surface area contributed by atoms with E-state index in [0.717, 1.165) is 0 Å². The van der Waals surface area contributed by atoms with E-state index < -0.39 is 6.04 Å². The highest BCUT2D eigenvalue weighted by Gasteiger charge is 2.22. The normalized spacial score (nSPS) is 12.1. The molecular formula is C11H15NO3S. The highest BCUT2D eigenvalue weighted by Crippen LogP contribution is 2.13. The number of carbonyl (C=O) groups excluding carboxylic acids is 2. The molecule has 0 saturated heterocycles. The molecule has 1 N–H and O–H groups in total. The van der Waals surface area contributed by atoms with Gasteiger partial charge in [-0.1, -0.05) is 6.07 Å². The van der Waals surface area contributed by atoms with E-state index in [1.165, 1.54) is 11.3 Å². The standard InChI is InChI=1S/C11H15NO3S/c1-3-15-10(13)7-8(12-2)11(14)9-5-4-6-16-9/h4-6,8,12H,3,7H2,1-2H3. The number of esters is 1. The molecule has 16 heavy (non-hydrogen) atoms. The van der Waals surface area contributed by atoms with Crippen molar-refractivity contribution in [1.29, 1.82) is 0 Å².